The Morgan fingerprint density at radius 1 is 0.178 bits per heavy atom. The van der Waals surface area contributed by atoms with Gasteiger partial charge in [0.25, 0.3) is 0 Å². The van der Waals surface area contributed by atoms with Crippen LogP contribution in [0.4, 0.5) is 0 Å². The van der Waals surface area contributed by atoms with Crippen molar-refractivity contribution in [2.75, 3.05) is 26.4 Å². The van der Waals surface area contributed by atoms with E-state index in [1.807, 2.05) is 0 Å². The van der Waals surface area contributed by atoms with Gasteiger partial charge in [-0.15, -0.1) is 0 Å². The molecule has 0 saturated heterocycles. The molecule has 0 radical (unpaired) electrons. The maximum Gasteiger partial charge on any atom is 0.0466 e. The molecule has 0 unspecified atom stereocenters. The topological polar surface area (TPSA) is 18.5 Å². The molecule has 0 aromatic heterocycles. The van der Waals surface area contributed by atoms with Crippen LogP contribution < -0.4 is 0 Å². The molecule has 0 spiro atoms. The summed E-state index contributed by atoms with van der Waals surface area (Å²) in [7, 11) is 0. The molecule has 2 nitrogen and oxygen atoms in total. The molecule has 0 atom stereocenters. The minimum absolute atomic E-state index is 0.984. The van der Waals surface area contributed by atoms with Gasteiger partial charge in [0.1, 0.15) is 0 Å². The lowest BCUT2D eigenvalue weighted by Crippen LogP contribution is -1.97. The fraction of sp³-hybridized carbons (Fsp3) is 1.00. The minimum Gasteiger partial charge on any atom is -0.381 e. The first-order valence-corrected chi connectivity index (χ1v) is 21.6. The fourth-order valence-electron chi connectivity index (χ4n) is 6.65. The van der Waals surface area contributed by atoms with Gasteiger partial charge in [0.2, 0.25) is 0 Å². The van der Waals surface area contributed by atoms with Crippen molar-refractivity contribution in [1.82, 2.24) is 0 Å². The van der Waals surface area contributed by atoms with Gasteiger partial charge in [-0.05, 0) is 25.7 Å². The Balaban J connectivity index is 3.03. The summed E-state index contributed by atoms with van der Waals surface area (Å²) in [5.74, 6) is 0. The molecule has 0 aliphatic rings. The van der Waals surface area contributed by atoms with E-state index in [0.29, 0.717) is 0 Å². The Kier molecular flexibility index (Phi) is 43.8. The molecule has 45 heavy (non-hydrogen) atoms. The lowest BCUT2D eigenvalue weighted by Gasteiger charge is -2.06. The molecule has 0 saturated carbocycles. The molecular weight excluding hydrogens is 548 g/mol. The highest BCUT2D eigenvalue weighted by atomic mass is 16.5. The van der Waals surface area contributed by atoms with Gasteiger partial charge in [0, 0.05) is 26.4 Å². The molecule has 0 aromatic carbocycles. The van der Waals surface area contributed by atoms with E-state index in [9.17, 15) is 0 Å². The molecule has 0 amide bonds. The van der Waals surface area contributed by atoms with E-state index in [1.165, 1.54) is 238 Å². The van der Waals surface area contributed by atoms with Crippen LogP contribution in [0.2, 0.25) is 0 Å². The molecular formula is C43H88O2. The third-order valence-corrected chi connectivity index (χ3v) is 9.86. The van der Waals surface area contributed by atoms with E-state index >= 15 is 0 Å². The van der Waals surface area contributed by atoms with Crippen molar-refractivity contribution >= 4 is 0 Å². The Morgan fingerprint density at radius 3 is 0.467 bits per heavy atom. The van der Waals surface area contributed by atoms with Gasteiger partial charge in [0.15, 0.2) is 0 Å². The predicted octanol–water partition coefficient (Wildman–Crippen LogP) is 15.5. The number of rotatable bonds is 42. The number of unbranched alkanes of at least 4 members (excludes halogenated alkanes) is 34. The highest BCUT2D eigenvalue weighted by Crippen LogP contribution is 2.15. The van der Waals surface area contributed by atoms with Crippen LogP contribution in [0.3, 0.4) is 0 Å². The summed E-state index contributed by atoms with van der Waals surface area (Å²) in [6.45, 7) is 8.55. The Bertz CT molecular complexity index is 436. The van der Waals surface area contributed by atoms with Crippen molar-refractivity contribution in [2.24, 2.45) is 0 Å². The quantitative estimate of drug-likeness (QED) is 0.0621. The molecule has 2 heteroatoms. The maximum absolute atomic E-state index is 5.88. The van der Waals surface area contributed by atoms with Crippen molar-refractivity contribution < 1.29 is 9.47 Å². The van der Waals surface area contributed by atoms with Crippen LogP contribution in [0, 0.1) is 0 Å². The lowest BCUT2D eigenvalue weighted by atomic mass is 10.0. The molecule has 0 aliphatic heterocycles. The highest BCUT2D eigenvalue weighted by molar-refractivity contribution is 4.52. The summed E-state index contributed by atoms with van der Waals surface area (Å²) in [5.41, 5.74) is 0. The molecule has 0 N–H and O–H groups in total. The molecule has 0 fully saturated rings. The number of hydrogen-bond donors (Lipinski definition) is 0. The molecule has 272 valence electrons. The normalized spacial score (nSPS) is 11.6. The zero-order valence-corrected chi connectivity index (χ0v) is 31.8. The highest BCUT2D eigenvalue weighted by Gasteiger charge is 1.98. The van der Waals surface area contributed by atoms with Gasteiger partial charge in [-0.25, -0.2) is 0 Å². The fourth-order valence-corrected chi connectivity index (χ4v) is 6.65. The van der Waals surface area contributed by atoms with Gasteiger partial charge in [-0.3, -0.25) is 0 Å². The molecule has 0 heterocycles. The van der Waals surface area contributed by atoms with Crippen LogP contribution in [0.15, 0.2) is 0 Å². The maximum atomic E-state index is 5.88. The number of ether oxygens (including phenoxy) is 2. The van der Waals surface area contributed by atoms with Crippen LogP contribution >= 0.6 is 0 Å². The second-order valence-corrected chi connectivity index (χ2v) is 14.6. The van der Waals surface area contributed by atoms with Crippen molar-refractivity contribution in [2.45, 2.75) is 251 Å². The van der Waals surface area contributed by atoms with E-state index in [-0.39, 0.29) is 0 Å². The number of hydrogen-bond acceptors (Lipinski definition) is 2. The SMILES string of the molecule is CCCCCCCCCCCCCCCCOCCCCCCCCCCCOCCCCCCCCCCCCCCCC. The van der Waals surface area contributed by atoms with E-state index in [4.69, 9.17) is 9.47 Å². The van der Waals surface area contributed by atoms with E-state index < -0.39 is 0 Å². The Labute approximate surface area is 286 Å². The van der Waals surface area contributed by atoms with Crippen LogP contribution in [-0.4, -0.2) is 26.4 Å². The standard InChI is InChI=1S/C43H88O2/c1-3-5-7-9-11-13-15-17-19-21-24-28-32-36-40-44-42-38-34-30-26-23-27-31-35-39-43-45-41-37-33-29-25-22-20-18-16-14-12-10-8-6-4-2/h3-43H2,1-2H3. The Hall–Kier alpha value is -0.0800. The zero-order chi connectivity index (χ0) is 32.4. The first kappa shape index (κ1) is 44.9. The second kappa shape index (κ2) is 43.9. The van der Waals surface area contributed by atoms with E-state index in [1.54, 1.807) is 0 Å². The summed E-state index contributed by atoms with van der Waals surface area (Å²) in [4.78, 5) is 0. The van der Waals surface area contributed by atoms with Gasteiger partial charge in [-0.1, -0.05) is 226 Å². The summed E-state index contributed by atoms with van der Waals surface area (Å²) in [6, 6.07) is 0. The first-order valence-electron chi connectivity index (χ1n) is 21.6. The van der Waals surface area contributed by atoms with E-state index in [2.05, 4.69) is 13.8 Å². The van der Waals surface area contributed by atoms with Crippen molar-refractivity contribution in [3.8, 4) is 0 Å². The molecule has 0 aliphatic carbocycles. The molecule has 0 rings (SSSR count). The zero-order valence-electron chi connectivity index (χ0n) is 31.8. The van der Waals surface area contributed by atoms with Crippen LogP contribution in [0.1, 0.15) is 251 Å². The predicted molar refractivity (Wildman–Crippen MR) is 204 cm³/mol. The molecule has 0 bridgehead atoms. The van der Waals surface area contributed by atoms with Crippen LogP contribution in [-0.2, 0) is 9.47 Å². The third-order valence-electron chi connectivity index (χ3n) is 9.86. The lowest BCUT2D eigenvalue weighted by molar-refractivity contribution is 0.125. The largest absolute Gasteiger partial charge is 0.381 e. The average molecular weight is 637 g/mol. The van der Waals surface area contributed by atoms with Gasteiger partial charge < -0.3 is 9.47 Å². The van der Waals surface area contributed by atoms with Gasteiger partial charge in [0.05, 0.1) is 0 Å². The van der Waals surface area contributed by atoms with Crippen LogP contribution in [0.5, 0.6) is 0 Å². The molecule has 0 aromatic rings. The summed E-state index contributed by atoms with van der Waals surface area (Å²) >= 11 is 0. The van der Waals surface area contributed by atoms with Gasteiger partial charge >= 0.3 is 0 Å². The van der Waals surface area contributed by atoms with Crippen LogP contribution in [0.25, 0.3) is 0 Å². The monoisotopic (exact) mass is 637 g/mol. The first-order chi connectivity index (χ1) is 22.4. The van der Waals surface area contributed by atoms with Gasteiger partial charge in [-0.2, -0.15) is 0 Å². The summed E-state index contributed by atoms with van der Waals surface area (Å²) in [6.07, 6.45) is 52.2. The third kappa shape index (κ3) is 43.9. The Morgan fingerprint density at radius 2 is 0.311 bits per heavy atom. The summed E-state index contributed by atoms with van der Waals surface area (Å²) < 4.78 is 11.8. The smallest absolute Gasteiger partial charge is 0.0466 e. The minimum atomic E-state index is 0.984. The van der Waals surface area contributed by atoms with Crippen molar-refractivity contribution in [1.29, 1.82) is 0 Å². The summed E-state index contributed by atoms with van der Waals surface area (Å²) in [5, 5.41) is 0. The second-order valence-electron chi connectivity index (χ2n) is 14.6. The average Bonchev–Trinajstić information content (AvgIpc) is 3.05. The van der Waals surface area contributed by atoms with Crippen molar-refractivity contribution in [3.63, 3.8) is 0 Å². The van der Waals surface area contributed by atoms with E-state index in [0.717, 1.165) is 26.4 Å². The van der Waals surface area contributed by atoms with Crippen molar-refractivity contribution in [3.05, 3.63) is 0 Å².